The van der Waals surface area contributed by atoms with E-state index in [1.807, 2.05) is 24.3 Å². The standard InChI is InChI=1S/C29H29N3O4/c1-31-11-10-21(15-31)30-20-8-6-19(7-9-20)14-32-16-28(33)29(22-4-2-3-5-24(22)32)17-34-25-13-27-26(12-23(25)29)35-18-36-27/h2-9,12-13,21,30H,10-11,14-18H2,1H3. The van der Waals surface area contributed by atoms with E-state index in [4.69, 9.17) is 14.2 Å². The Morgan fingerprint density at radius 1 is 0.972 bits per heavy atom. The van der Waals surface area contributed by atoms with Crippen molar-refractivity contribution in [1.82, 2.24) is 4.90 Å². The van der Waals surface area contributed by atoms with Crippen LogP contribution in [0, 0.1) is 0 Å². The van der Waals surface area contributed by atoms with E-state index in [1.165, 1.54) is 12.0 Å². The van der Waals surface area contributed by atoms with Crippen molar-refractivity contribution in [2.75, 3.05) is 50.3 Å². The number of rotatable bonds is 4. The van der Waals surface area contributed by atoms with Crippen LogP contribution in [0.3, 0.4) is 0 Å². The fraction of sp³-hybridized carbons (Fsp3) is 0.345. The van der Waals surface area contributed by atoms with Crippen molar-refractivity contribution in [3.63, 3.8) is 0 Å². The normalized spacial score (nSPS) is 24.1. The van der Waals surface area contributed by atoms with E-state index < -0.39 is 5.41 Å². The molecule has 184 valence electrons. The Bertz CT molecular complexity index is 1340. The Balaban J connectivity index is 1.18. The number of para-hydroxylation sites is 1. The Labute approximate surface area is 210 Å². The van der Waals surface area contributed by atoms with Crippen LogP contribution in [0.25, 0.3) is 0 Å². The van der Waals surface area contributed by atoms with Crippen LogP contribution in [0.15, 0.2) is 60.7 Å². The summed E-state index contributed by atoms with van der Waals surface area (Å²) in [7, 11) is 2.16. The highest BCUT2D eigenvalue weighted by molar-refractivity contribution is 6.03. The number of benzene rings is 3. The number of anilines is 2. The van der Waals surface area contributed by atoms with Gasteiger partial charge in [0.05, 0.1) is 6.54 Å². The minimum absolute atomic E-state index is 0.141. The van der Waals surface area contributed by atoms with Crippen LogP contribution in [-0.4, -0.2) is 56.8 Å². The van der Waals surface area contributed by atoms with Gasteiger partial charge in [-0.25, -0.2) is 0 Å². The summed E-state index contributed by atoms with van der Waals surface area (Å²) in [6.07, 6.45) is 1.17. The number of likely N-dealkylation sites (N-methyl/N-ethyl adjacent to an activating group) is 1. The molecule has 2 atom stereocenters. The van der Waals surface area contributed by atoms with Gasteiger partial charge in [0.15, 0.2) is 17.3 Å². The molecule has 7 rings (SSSR count). The number of ether oxygens (including phenoxy) is 3. The maximum absolute atomic E-state index is 13.9. The number of hydrogen-bond acceptors (Lipinski definition) is 7. The largest absolute Gasteiger partial charge is 0.491 e. The summed E-state index contributed by atoms with van der Waals surface area (Å²) in [4.78, 5) is 18.4. The van der Waals surface area contributed by atoms with Crippen LogP contribution in [0.4, 0.5) is 11.4 Å². The van der Waals surface area contributed by atoms with Crippen molar-refractivity contribution in [3.05, 3.63) is 77.4 Å². The van der Waals surface area contributed by atoms with Crippen LogP contribution in [0.5, 0.6) is 17.2 Å². The summed E-state index contributed by atoms with van der Waals surface area (Å²) in [5.74, 6) is 2.18. The van der Waals surface area contributed by atoms with Crippen molar-refractivity contribution < 1.29 is 19.0 Å². The monoisotopic (exact) mass is 483 g/mol. The fourth-order valence-corrected chi connectivity index (χ4v) is 6.10. The molecule has 1 saturated heterocycles. The summed E-state index contributed by atoms with van der Waals surface area (Å²) < 4.78 is 17.2. The van der Waals surface area contributed by atoms with Crippen LogP contribution in [0.1, 0.15) is 23.1 Å². The van der Waals surface area contributed by atoms with Gasteiger partial charge in [-0.2, -0.15) is 0 Å². The second kappa shape index (κ2) is 8.17. The zero-order valence-corrected chi connectivity index (χ0v) is 20.3. The number of hydrogen-bond donors (Lipinski definition) is 1. The lowest BCUT2D eigenvalue weighted by atomic mass is 9.69. The lowest BCUT2D eigenvalue weighted by Crippen LogP contribution is -2.50. The van der Waals surface area contributed by atoms with Gasteiger partial charge in [0.1, 0.15) is 17.8 Å². The number of nitrogens with zero attached hydrogens (tertiary/aromatic N) is 2. The highest BCUT2D eigenvalue weighted by Gasteiger charge is 2.53. The van der Waals surface area contributed by atoms with E-state index in [1.54, 1.807) is 0 Å². The molecule has 3 aromatic carbocycles. The van der Waals surface area contributed by atoms with Gasteiger partial charge in [0, 0.05) is 42.1 Å². The fourth-order valence-electron chi connectivity index (χ4n) is 6.10. The zero-order valence-electron chi connectivity index (χ0n) is 20.3. The predicted octanol–water partition coefficient (Wildman–Crippen LogP) is 3.80. The molecule has 7 heteroatoms. The van der Waals surface area contributed by atoms with Gasteiger partial charge < -0.3 is 29.3 Å². The van der Waals surface area contributed by atoms with Gasteiger partial charge in [0.2, 0.25) is 6.79 Å². The second-order valence-electron chi connectivity index (χ2n) is 10.3. The SMILES string of the molecule is CN1CCC(Nc2ccc(CN3CC(=O)C4(COc5cc6c(cc54)OCO6)c4ccccc43)cc2)C1. The zero-order chi connectivity index (χ0) is 24.3. The molecule has 4 aliphatic rings. The van der Waals surface area contributed by atoms with E-state index in [9.17, 15) is 4.79 Å². The molecule has 1 spiro atoms. The van der Waals surface area contributed by atoms with E-state index >= 15 is 0 Å². The third-order valence-electron chi connectivity index (χ3n) is 7.98. The van der Waals surface area contributed by atoms with Gasteiger partial charge in [-0.1, -0.05) is 30.3 Å². The van der Waals surface area contributed by atoms with E-state index in [0.29, 0.717) is 43.0 Å². The maximum atomic E-state index is 13.9. The summed E-state index contributed by atoms with van der Waals surface area (Å²) in [5, 5.41) is 3.64. The van der Waals surface area contributed by atoms with Crippen molar-refractivity contribution in [2.45, 2.75) is 24.4 Å². The Hall–Kier alpha value is -3.71. The van der Waals surface area contributed by atoms with Crippen molar-refractivity contribution >= 4 is 17.2 Å². The Kier molecular flexibility index (Phi) is 4.89. The third kappa shape index (κ3) is 3.33. The summed E-state index contributed by atoms with van der Waals surface area (Å²) in [5.41, 5.74) is 4.42. The molecule has 0 amide bonds. The highest BCUT2D eigenvalue weighted by Crippen LogP contribution is 2.53. The number of ketones is 1. The number of likely N-dealkylation sites (tertiary alicyclic amines) is 1. The lowest BCUT2D eigenvalue weighted by molar-refractivity contribution is -0.122. The van der Waals surface area contributed by atoms with Crippen molar-refractivity contribution in [2.24, 2.45) is 0 Å². The molecule has 1 fully saturated rings. The molecule has 36 heavy (non-hydrogen) atoms. The summed E-state index contributed by atoms with van der Waals surface area (Å²) in [6, 6.07) is 21.1. The number of carbonyl (C=O) groups is 1. The molecule has 3 aromatic rings. The first kappa shape index (κ1) is 21.6. The Morgan fingerprint density at radius 2 is 1.78 bits per heavy atom. The molecule has 7 nitrogen and oxygen atoms in total. The first-order valence-corrected chi connectivity index (χ1v) is 12.6. The first-order valence-electron chi connectivity index (χ1n) is 12.6. The maximum Gasteiger partial charge on any atom is 0.231 e. The third-order valence-corrected chi connectivity index (χ3v) is 7.98. The molecular weight excluding hydrogens is 454 g/mol. The van der Waals surface area contributed by atoms with Gasteiger partial charge >= 0.3 is 0 Å². The topological polar surface area (TPSA) is 63.3 Å². The number of nitrogens with one attached hydrogen (secondary N) is 1. The van der Waals surface area contributed by atoms with Gasteiger partial charge in [-0.3, -0.25) is 4.79 Å². The first-order chi connectivity index (χ1) is 17.6. The quantitative estimate of drug-likeness (QED) is 0.606. The predicted molar refractivity (Wildman–Crippen MR) is 137 cm³/mol. The van der Waals surface area contributed by atoms with Gasteiger partial charge in [-0.15, -0.1) is 0 Å². The van der Waals surface area contributed by atoms with Crippen LogP contribution in [0.2, 0.25) is 0 Å². The van der Waals surface area contributed by atoms with Crippen molar-refractivity contribution in [3.8, 4) is 17.2 Å². The minimum atomic E-state index is -0.828. The molecule has 0 aliphatic carbocycles. The molecular formula is C29H29N3O4. The van der Waals surface area contributed by atoms with Crippen molar-refractivity contribution in [1.29, 1.82) is 0 Å². The second-order valence-corrected chi connectivity index (χ2v) is 10.3. The number of fused-ring (bicyclic) bond motifs is 5. The summed E-state index contributed by atoms with van der Waals surface area (Å²) in [6.45, 7) is 3.69. The molecule has 0 bridgehead atoms. The molecule has 1 N–H and O–H groups in total. The lowest BCUT2D eigenvalue weighted by Gasteiger charge is -2.40. The average Bonchev–Trinajstić information content (AvgIpc) is 3.61. The summed E-state index contributed by atoms with van der Waals surface area (Å²) >= 11 is 0. The molecule has 0 radical (unpaired) electrons. The number of Topliss-reactive ketones (excluding diaryl/α,β-unsaturated/α-hetero) is 1. The van der Waals surface area contributed by atoms with E-state index in [0.717, 1.165) is 35.6 Å². The van der Waals surface area contributed by atoms with Gasteiger partial charge in [-0.05, 0) is 55.4 Å². The molecule has 0 saturated carbocycles. The average molecular weight is 484 g/mol. The van der Waals surface area contributed by atoms with Gasteiger partial charge in [0.25, 0.3) is 0 Å². The molecule has 0 aromatic heterocycles. The van der Waals surface area contributed by atoms with Crippen LogP contribution in [-0.2, 0) is 16.8 Å². The minimum Gasteiger partial charge on any atom is -0.491 e. The Morgan fingerprint density at radius 3 is 2.58 bits per heavy atom. The molecule has 2 unspecified atom stereocenters. The van der Waals surface area contributed by atoms with E-state index in [2.05, 4.69) is 58.6 Å². The molecule has 4 aliphatic heterocycles. The smallest absolute Gasteiger partial charge is 0.231 e. The number of carbonyl (C=O) groups excluding carboxylic acids is 1. The van der Waals surface area contributed by atoms with E-state index in [-0.39, 0.29) is 12.6 Å². The highest BCUT2D eigenvalue weighted by atomic mass is 16.7. The molecule has 4 heterocycles. The van der Waals surface area contributed by atoms with Crippen LogP contribution >= 0.6 is 0 Å². The van der Waals surface area contributed by atoms with Crippen LogP contribution < -0.4 is 24.4 Å².